The van der Waals surface area contributed by atoms with Gasteiger partial charge in [0, 0.05) is 65.8 Å². The summed E-state index contributed by atoms with van der Waals surface area (Å²) in [5.41, 5.74) is 17.7. The smallest absolute Gasteiger partial charge is 0.269 e. The molecule has 1 saturated heterocycles. The summed E-state index contributed by atoms with van der Waals surface area (Å²) < 4.78 is 7.23. The van der Waals surface area contributed by atoms with Crippen molar-refractivity contribution in [3.05, 3.63) is 87.7 Å². The number of amides is 2. The predicted molar refractivity (Wildman–Crippen MR) is 182 cm³/mol. The fraction of sp³-hybridized carbons (Fsp3) is 0.265. The van der Waals surface area contributed by atoms with E-state index in [1.54, 1.807) is 23.8 Å². The van der Waals surface area contributed by atoms with Crippen molar-refractivity contribution in [1.29, 1.82) is 0 Å². The molecular formula is C34H34Cl2N8O3. The van der Waals surface area contributed by atoms with Gasteiger partial charge in [0.15, 0.2) is 11.3 Å². The zero-order chi connectivity index (χ0) is 33.2. The number of halogens is 2. The van der Waals surface area contributed by atoms with Gasteiger partial charge in [-0.3, -0.25) is 9.59 Å². The first-order valence-electron chi connectivity index (χ1n) is 15.2. The lowest BCUT2D eigenvalue weighted by Gasteiger charge is -2.15. The Bertz CT molecular complexity index is 1990. The Morgan fingerprint density at radius 3 is 2.30 bits per heavy atom. The first-order valence-corrected chi connectivity index (χ1v) is 16.0. The number of carbonyl (C=O) groups excluding carboxylic acids is 2. The second-order valence-corrected chi connectivity index (χ2v) is 12.3. The van der Waals surface area contributed by atoms with Gasteiger partial charge in [0.2, 0.25) is 11.8 Å². The molecule has 6 rings (SSSR count). The molecule has 13 heteroatoms. The number of hydrogen-bond acceptors (Lipinski definition) is 8. The van der Waals surface area contributed by atoms with Crippen LogP contribution in [0.25, 0.3) is 39.3 Å². The number of aromatic nitrogens is 4. The monoisotopic (exact) mass is 672 g/mol. The fourth-order valence-corrected chi connectivity index (χ4v) is 6.47. The molecule has 3 aromatic heterocycles. The van der Waals surface area contributed by atoms with Gasteiger partial charge < -0.3 is 26.8 Å². The number of ether oxygens (including phenoxy) is 1. The number of carbonyl (C=O) groups is 2. The van der Waals surface area contributed by atoms with Gasteiger partial charge in [-0.25, -0.2) is 14.5 Å². The number of primary amides is 1. The summed E-state index contributed by atoms with van der Waals surface area (Å²) in [6, 6.07) is 18.7. The van der Waals surface area contributed by atoms with Crippen LogP contribution >= 0.6 is 23.2 Å². The summed E-state index contributed by atoms with van der Waals surface area (Å²) in [4.78, 5) is 32.8. The summed E-state index contributed by atoms with van der Waals surface area (Å²) in [5, 5.41) is 12.1. The number of hydrogen-bond donors (Lipinski definition) is 4. The van der Waals surface area contributed by atoms with Crippen LogP contribution in [0.15, 0.2) is 60.7 Å². The highest BCUT2D eigenvalue weighted by Crippen LogP contribution is 2.42. The third-order valence-corrected chi connectivity index (χ3v) is 8.90. The Morgan fingerprint density at radius 1 is 1.02 bits per heavy atom. The van der Waals surface area contributed by atoms with Gasteiger partial charge in [-0.05, 0) is 31.5 Å². The molecule has 0 unspecified atom stereocenters. The number of fused-ring (bicyclic) bond motifs is 1. The minimum Gasteiger partial charge on any atom is -0.481 e. The molecule has 11 nitrogen and oxygen atoms in total. The average molecular weight is 674 g/mol. The van der Waals surface area contributed by atoms with E-state index in [0.29, 0.717) is 75.7 Å². The molecule has 0 bridgehead atoms. The molecule has 2 aromatic carbocycles. The van der Waals surface area contributed by atoms with E-state index < -0.39 is 5.91 Å². The molecule has 1 aliphatic heterocycles. The van der Waals surface area contributed by atoms with Crippen molar-refractivity contribution >= 4 is 40.7 Å². The molecule has 5 aromatic rings. The number of methoxy groups -OCH3 is 1. The van der Waals surface area contributed by atoms with Crippen LogP contribution in [0.3, 0.4) is 0 Å². The molecule has 1 aliphatic rings. The van der Waals surface area contributed by atoms with Gasteiger partial charge in [-0.2, -0.15) is 5.10 Å². The SMILES string of the molecule is COc1nc(-c2cccc(-c3cccc(-c4ccc5nc(C(N)=O)c(C[C@@H](C)N)n5n4)c3Cl)c2Cl)ccc1CNC[C@H]1CCC(=O)N1. The van der Waals surface area contributed by atoms with Crippen LogP contribution in [0.1, 0.15) is 41.5 Å². The molecule has 1 fully saturated rings. The summed E-state index contributed by atoms with van der Waals surface area (Å²) in [6.07, 6.45) is 1.75. The summed E-state index contributed by atoms with van der Waals surface area (Å²) >= 11 is 14.1. The van der Waals surface area contributed by atoms with Crippen molar-refractivity contribution in [3.63, 3.8) is 0 Å². The number of nitrogens with two attached hydrogens (primary N) is 2. The van der Waals surface area contributed by atoms with Crippen molar-refractivity contribution in [3.8, 4) is 39.5 Å². The maximum absolute atomic E-state index is 12.1. The lowest BCUT2D eigenvalue weighted by molar-refractivity contribution is -0.119. The largest absolute Gasteiger partial charge is 0.481 e. The molecule has 0 aliphatic carbocycles. The lowest BCUT2D eigenvalue weighted by atomic mass is 9.98. The molecule has 47 heavy (non-hydrogen) atoms. The third-order valence-electron chi connectivity index (χ3n) is 8.08. The number of benzene rings is 2. The Hall–Kier alpha value is -4.55. The van der Waals surface area contributed by atoms with Gasteiger partial charge in [0.05, 0.1) is 34.2 Å². The van der Waals surface area contributed by atoms with Gasteiger partial charge >= 0.3 is 0 Å². The highest BCUT2D eigenvalue weighted by atomic mass is 35.5. The van der Waals surface area contributed by atoms with E-state index in [2.05, 4.69) is 15.6 Å². The van der Waals surface area contributed by atoms with Crippen molar-refractivity contribution in [2.75, 3.05) is 13.7 Å². The lowest BCUT2D eigenvalue weighted by Crippen LogP contribution is -2.35. The van der Waals surface area contributed by atoms with E-state index in [9.17, 15) is 9.59 Å². The molecule has 2 amide bonds. The Balaban J connectivity index is 1.31. The van der Waals surface area contributed by atoms with Crippen molar-refractivity contribution < 1.29 is 14.3 Å². The van der Waals surface area contributed by atoms with E-state index in [4.69, 9.17) is 49.5 Å². The van der Waals surface area contributed by atoms with Crippen LogP contribution in [-0.2, 0) is 17.8 Å². The van der Waals surface area contributed by atoms with Crippen molar-refractivity contribution in [2.24, 2.45) is 11.5 Å². The molecule has 6 N–H and O–H groups in total. The van der Waals surface area contributed by atoms with Crippen LogP contribution in [-0.4, -0.2) is 57.1 Å². The topological polar surface area (TPSA) is 163 Å². The zero-order valence-electron chi connectivity index (χ0n) is 25.9. The highest BCUT2D eigenvalue weighted by molar-refractivity contribution is 6.39. The van der Waals surface area contributed by atoms with E-state index in [0.717, 1.165) is 23.1 Å². The standard InChI is InChI=1S/C34H34Cl2N8O3/c1-18(37)15-27-32(33(38)46)42-28-13-12-26(43-44(27)28)24-8-4-6-22(31(24)36)21-5-3-7-23(30(21)35)25-11-9-19(34(41-25)47-2)16-39-17-20-10-14-29(45)40-20/h3-9,11-13,18,20,39H,10,14-17,37H2,1-2H3,(H2,38,46)(H,40,45)/t18-,20-/m1/s1. The average Bonchev–Trinajstić information content (AvgIpc) is 3.64. The Labute approximate surface area is 281 Å². The molecule has 242 valence electrons. The minimum atomic E-state index is -0.642. The van der Waals surface area contributed by atoms with Crippen LogP contribution in [0, 0.1) is 0 Å². The number of imidazole rings is 1. The zero-order valence-corrected chi connectivity index (χ0v) is 27.4. The van der Waals surface area contributed by atoms with Gasteiger partial charge in [0.25, 0.3) is 5.91 Å². The van der Waals surface area contributed by atoms with Crippen LogP contribution in [0.2, 0.25) is 10.0 Å². The predicted octanol–water partition coefficient (Wildman–Crippen LogP) is 4.80. The maximum atomic E-state index is 12.1. The van der Waals surface area contributed by atoms with Crippen LogP contribution in [0.5, 0.6) is 5.88 Å². The number of rotatable bonds is 11. The van der Waals surface area contributed by atoms with E-state index in [1.165, 1.54) is 0 Å². The summed E-state index contributed by atoms with van der Waals surface area (Å²) in [7, 11) is 1.58. The van der Waals surface area contributed by atoms with Gasteiger partial charge in [0.1, 0.15) is 0 Å². The first kappa shape index (κ1) is 32.4. The molecule has 0 saturated carbocycles. The molecular weight excluding hydrogens is 639 g/mol. The number of nitrogens with zero attached hydrogens (tertiary/aromatic N) is 4. The van der Waals surface area contributed by atoms with Gasteiger partial charge in [-0.1, -0.05) is 65.7 Å². The van der Waals surface area contributed by atoms with Crippen LogP contribution in [0.4, 0.5) is 0 Å². The molecule has 2 atom stereocenters. The molecule has 0 spiro atoms. The second-order valence-electron chi connectivity index (χ2n) is 11.6. The van der Waals surface area contributed by atoms with Crippen LogP contribution < -0.4 is 26.8 Å². The third kappa shape index (κ3) is 6.66. The first-order chi connectivity index (χ1) is 22.6. The van der Waals surface area contributed by atoms with Gasteiger partial charge in [-0.15, -0.1) is 0 Å². The Kier molecular flexibility index (Phi) is 9.42. The Morgan fingerprint density at radius 2 is 1.68 bits per heavy atom. The van der Waals surface area contributed by atoms with Crippen molar-refractivity contribution in [1.82, 2.24) is 30.2 Å². The second kappa shape index (κ2) is 13.7. The molecule has 4 heterocycles. The van der Waals surface area contributed by atoms with Crippen molar-refractivity contribution in [2.45, 2.75) is 44.8 Å². The van der Waals surface area contributed by atoms with E-state index >= 15 is 0 Å². The summed E-state index contributed by atoms with van der Waals surface area (Å²) in [6.45, 7) is 3.04. The minimum absolute atomic E-state index is 0.0898. The number of nitrogens with one attached hydrogen (secondary N) is 2. The number of pyridine rings is 1. The van der Waals surface area contributed by atoms with E-state index in [1.807, 2.05) is 55.5 Å². The summed E-state index contributed by atoms with van der Waals surface area (Å²) in [5.74, 6) is -0.0703. The normalized spacial score (nSPS) is 15.2. The van der Waals surface area contributed by atoms with E-state index in [-0.39, 0.29) is 23.7 Å². The quantitative estimate of drug-likeness (QED) is 0.156. The highest BCUT2D eigenvalue weighted by Gasteiger charge is 2.22. The molecule has 0 radical (unpaired) electrons. The fourth-order valence-electron chi connectivity index (χ4n) is 5.83. The maximum Gasteiger partial charge on any atom is 0.269 e.